The number of aliphatic carboxylic acids is 2. The largest absolute Gasteiger partial charge is 0.481 e. The van der Waals surface area contributed by atoms with Crippen molar-refractivity contribution in [2.24, 2.45) is 11.8 Å². The summed E-state index contributed by atoms with van der Waals surface area (Å²) in [5.74, 6) is -2.65. The van der Waals surface area contributed by atoms with Gasteiger partial charge in [0.2, 0.25) is 0 Å². The minimum atomic E-state index is -0.880. The Morgan fingerprint density at radius 2 is 1.38 bits per heavy atom. The molecule has 4 nitrogen and oxygen atoms in total. The van der Waals surface area contributed by atoms with E-state index in [0.717, 1.165) is 24.8 Å². The van der Waals surface area contributed by atoms with Crippen molar-refractivity contribution in [1.82, 2.24) is 0 Å². The maximum absolute atomic E-state index is 12.0. The lowest BCUT2D eigenvalue weighted by Gasteiger charge is -2.24. The van der Waals surface area contributed by atoms with Gasteiger partial charge in [-0.2, -0.15) is 0 Å². The Labute approximate surface area is 157 Å². The molecule has 0 aromatic heterocycles. The molecule has 0 aliphatic rings. The molecule has 0 spiro atoms. The molecular formula is C22H34O4. The highest BCUT2D eigenvalue weighted by atomic mass is 16.4. The van der Waals surface area contributed by atoms with Crippen LogP contribution in [0.2, 0.25) is 0 Å². The molecule has 0 saturated carbocycles. The third kappa shape index (κ3) is 6.47. The molecule has 2 N–H and O–H groups in total. The van der Waals surface area contributed by atoms with E-state index in [4.69, 9.17) is 0 Å². The third-order valence-corrected chi connectivity index (χ3v) is 4.73. The van der Waals surface area contributed by atoms with E-state index in [1.165, 1.54) is 0 Å². The van der Waals surface area contributed by atoms with Crippen LogP contribution in [0.4, 0.5) is 0 Å². The lowest BCUT2D eigenvalue weighted by atomic mass is 9.80. The molecule has 2 atom stereocenters. The number of unbranched alkanes of at least 4 members (excludes halogenated alkanes) is 1. The molecule has 2 unspecified atom stereocenters. The van der Waals surface area contributed by atoms with Crippen LogP contribution in [-0.2, 0) is 16.0 Å². The van der Waals surface area contributed by atoms with Gasteiger partial charge in [-0.25, -0.2) is 0 Å². The normalized spacial score (nSPS) is 13.8. The second kappa shape index (κ2) is 10.3. The maximum atomic E-state index is 12.0. The van der Waals surface area contributed by atoms with Gasteiger partial charge in [-0.05, 0) is 54.2 Å². The van der Waals surface area contributed by atoms with Crippen molar-refractivity contribution in [3.63, 3.8) is 0 Å². The molecule has 1 aromatic rings. The molecule has 0 amide bonds. The lowest BCUT2D eigenvalue weighted by Crippen LogP contribution is -2.21. The minimum Gasteiger partial charge on any atom is -0.481 e. The molecule has 0 aliphatic carbocycles. The molecule has 1 rings (SSSR count). The Hall–Kier alpha value is -1.84. The Morgan fingerprint density at radius 3 is 1.81 bits per heavy atom. The highest BCUT2D eigenvalue weighted by molar-refractivity contribution is 5.80. The molecule has 0 radical (unpaired) electrons. The van der Waals surface area contributed by atoms with E-state index in [9.17, 15) is 19.8 Å². The number of hydrogen-bond acceptors (Lipinski definition) is 2. The van der Waals surface area contributed by atoms with Crippen molar-refractivity contribution in [1.29, 1.82) is 0 Å². The number of aryl methyl sites for hydroxylation is 1. The summed E-state index contributed by atoms with van der Waals surface area (Å²) in [5, 5.41) is 19.6. The van der Waals surface area contributed by atoms with Gasteiger partial charge < -0.3 is 10.2 Å². The van der Waals surface area contributed by atoms with E-state index >= 15 is 0 Å². The van der Waals surface area contributed by atoms with Crippen molar-refractivity contribution in [2.45, 2.75) is 78.6 Å². The van der Waals surface area contributed by atoms with Crippen LogP contribution >= 0.6 is 0 Å². The number of carboxylic acids is 2. The zero-order chi connectivity index (χ0) is 19.9. The van der Waals surface area contributed by atoms with E-state index in [2.05, 4.69) is 6.92 Å². The smallest absolute Gasteiger partial charge is 0.310 e. The summed E-state index contributed by atoms with van der Waals surface area (Å²) in [4.78, 5) is 23.9. The fourth-order valence-corrected chi connectivity index (χ4v) is 3.44. The molecule has 1 aromatic carbocycles. The predicted molar refractivity (Wildman–Crippen MR) is 105 cm³/mol. The van der Waals surface area contributed by atoms with E-state index in [1.54, 1.807) is 0 Å². The second-order valence-electron chi connectivity index (χ2n) is 8.11. The molecule has 26 heavy (non-hydrogen) atoms. The van der Waals surface area contributed by atoms with Crippen molar-refractivity contribution in [3.8, 4) is 0 Å². The van der Waals surface area contributed by atoms with E-state index in [-0.39, 0.29) is 11.8 Å². The first-order valence-corrected chi connectivity index (χ1v) is 9.75. The molecule has 0 bridgehead atoms. The Morgan fingerprint density at radius 1 is 0.885 bits per heavy atom. The summed E-state index contributed by atoms with van der Waals surface area (Å²) in [6.07, 6.45) is 4.00. The zero-order valence-corrected chi connectivity index (χ0v) is 16.8. The molecule has 0 fully saturated rings. The average Bonchev–Trinajstić information content (AvgIpc) is 2.55. The van der Waals surface area contributed by atoms with Crippen LogP contribution in [0.25, 0.3) is 0 Å². The average molecular weight is 363 g/mol. The highest BCUT2D eigenvalue weighted by Crippen LogP contribution is 2.35. The molecular weight excluding hydrogens is 328 g/mol. The summed E-state index contributed by atoms with van der Waals surface area (Å²) in [6.45, 7) is 10.1. The van der Waals surface area contributed by atoms with Crippen LogP contribution in [0.3, 0.4) is 0 Å². The van der Waals surface area contributed by atoms with Gasteiger partial charge in [0, 0.05) is 0 Å². The molecule has 0 aliphatic heterocycles. The van der Waals surface area contributed by atoms with Crippen LogP contribution in [0, 0.1) is 11.8 Å². The number of benzene rings is 1. The molecule has 0 heterocycles. The monoisotopic (exact) mass is 362 g/mol. The van der Waals surface area contributed by atoms with Crippen molar-refractivity contribution in [2.75, 3.05) is 0 Å². The summed E-state index contributed by atoms with van der Waals surface area (Å²) in [6, 6.07) is 5.78. The van der Waals surface area contributed by atoms with Crippen LogP contribution < -0.4 is 0 Å². The third-order valence-electron chi connectivity index (χ3n) is 4.73. The maximum Gasteiger partial charge on any atom is 0.310 e. The summed E-state index contributed by atoms with van der Waals surface area (Å²) in [7, 11) is 0. The number of carbonyl (C=O) groups is 2. The van der Waals surface area contributed by atoms with E-state index in [1.807, 2.05) is 45.9 Å². The first kappa shape index (κ1) is 22.2. The number of hydrogen-bond donors (Lipinski definition) is 2. The van der Waals surface area contributed by atoms with Crippen molar-refractivity contribution >= 4 is 11.9 Å². The van der Waals surface area contributed by atoms with E-state index < -0.39 is 23.8 Å². The minimum absolute atomic E-state index is 0.219. The Balaban J connectivity index is 3.46. The van der Waals surface area contributed by atoms with Gasteiger partial charge in [-0.1, -0.05) is 59.2 Å². The Bertz CT molecular complexity index is 604. The molecule has 4 heteroatoms. The Kier molecular flexibility index (Phi) is 8.83. The summed E-state index contributed by atoms with van der Waals surface area (Å²) < 4.78 is 0. The first-order valence-electron chi connectivity index (χ1n) is 9.75. The molecule has 146 valence electrons. The highest BCUT2D eigenvalue weighted by Gasteiger charge is 2.30. The van der Waals surface area contributed by atoms with Crippen LogP contribution in [-0.4, -0.2) is 22.2 Å². The number of carboxylic acid groups (broad SMARTS) is 2. The van der Waals surface area contributed by atoms with Crippen LogP contribution in [0.1, 0.15) is 88.8 Å². The van der Waals surface area contributed by atoms with Gasteiger partial charge in [-0.15, -0.1) is 0 Å². The zero-order valence-electron chi connectivity index (χ0n) is 16.8. The van der Waals surface area contributed by atoms with Gasteiger partial charge in [0.25, 0.3) is 0 Å². The van der Waals surface area contributed by atoms with Gasteiger partial charge in [0.05, 0.1) is 11.8 Å². The van der Waals surface area contributed by atoms with Gasteiger partial charge >= 0.3 is 11.9 Å². The summed E-state index contributed by atoms with van der Waals surface area (Å²) in [5.41, 5.74) is 2.45. The van der Waals surface area contributed by atoms with Crippen molar-refractivity contribution < 1.29 is 19.8 Å². The van der Waals surface area contributed by atoms with Crippen LogP contribution in [0.5, 0.6) is 0 Å². The summed E-state index contributed by atoms with van der Waals surface area (Å²) >= 11 is 0. The lowest BCUT2D eigenvalue weighted by molar-refractivity contribution is -0.140. The van der Waals surface area contributed by atoms with Crippen molar-refractivity contribution in [3.05, 3.63) is 34.9 Å². The first-order chi connectivity index (χ1) is 12.2. The number of rotatable bonds is 11. The SMILES string of the molecule is CCCCc1ccc(C(CC(C)C)C(=O)O)c(C(CC(C)C)C(=O)O)c1. The van der Waals surface area contributed by atoms with E-state index in [0.29, 0.717) is 24.0 Å². The fraction of sp³-hybridized carbons (Fsp3) is 0.636. The van der Waals surface area contributed by atoms with Gasteiger partial charge in [0.1, 0.15) is 0 Å². The van der Waals surface area contributed by atoms with Gasteiger partial charge in [0.15, 0.2) is 0 Å². The van der Waals surface area contributed by atoms with Crippen LogP contribution in [0.15, 0.2) is 18.2 Å². The quantitative estimate of drug-likeness (QED) is 0.548. The predicted octanol–water partition coefficient (Wildman–Crippen LogP) is 5.46. The standard InChI is InChI=1S/C22H34O4/c1-6-7-8-16-9-10-17(19(21(23)24)11-14(2)3)18(13-16)20(22(25)26)12-15(4)5/h9-10,13-15,19-20H,6-8,11-12H2,1-5H3,(H,23,24)(H,25,26). The topological polar surface area (TPSA) is 74.6 Å². The molecule has 0 saturated heterocycles. The fourth-order valence-electron chi connectivity index (χ4n) is 3.44. The van der Waals surface area contributed by atoms with Gasteiger partial charge in [-0.3, -0.25) is 9.59 Å². The second-order valence-corrected chi connectivity index (χ2v) is 8.11.